The molecule has 0 aliphatic heterocycles. The zero-order valence-corrected chi connectivity index (χ0v) is 12.7. The monoisotopic (exact) mass is 289 g/mol. The lowest BCUT2D eigenvalue weighted by molar-refractivity contribution is 0.708. The van der Waals surface area contributed by atoms with Crippen molar-refractivity contribution in [3.8, 4) is 0 Å². The molecule has 1 N–H and O–H groups in total. The Morgan fingerprint density at radius 1 is 1.15 bits per heavy atom. The van der Waals surface area contributed by atoms with Crippen LogP contribution in [0.15, 0.2) is 42.5 Å². The maximum absolute atomic E-state index is 5.90. The van der Waals surface area contributed by atoms with Crippen LogP contribution in [0.4, 0.5) is 5.82 Å². The van der Waals surface area contributed by atoms with Crippen molar-refractivity contribution in [1.82, 2.24) is 10.3 Å². The Morgan fingerprint density at radius 2 is 1.90 bits per heavy atom. The van der Waals surface area contributed by atoms with Crippen LogP contribution in [0.2, 0.25) is 5.02 Å². The SMILES string of the molecule is CCNCc1cccc(N(C)Cc2ccc(Cl)cc2)n1. The van der Waals surface area contributed by atoms with E-state index in [1.165, 1.54) is 5.56 Å². The van der Waals surface area contributed by atoms with Gasteiger partial charge in [0.2, 0.25) is 0 Å². The molecule has 0 saturated heterocycles. The first kappa shape index (κ1) is 14.8. The highest BCUT2D eigenvalue weighted by Gasteiger charge is 2.04. The maximum Gasteiger partial charge on any atom is 0.128 e. The number of hydrogen-bond acceptors (Lipinski definition) is 3. The van der Waals surface area contributed by atoms with E-state index in [0.717, 1.165) is 36.2 Å². The third-order valence-corrected chi connectivity index (χ3v) is 3.32. The summed E-state index contributed by atoms with van der Waals surface area (Å²) in [6.45, 7) is 4.66. The zero-order valence-electron chi connectivity index (χ0n) is 11.9. The Labute approximate surface area is 125 Å². The van der Waals surface area contributed by atoms with Crippen LogP contribution >= 0.6 is 11.6 Å². The molecule has 1 heterocycles. The molecule has 1 aromatic carbocycles. The van der Waals surface area contributed by atoms with Gasteiger partial charge in [-0.15, -0.1) is 0 Å². The number of aromatic nitrogens is 1. The minimum atomic E-state index is 0.766. The summed E-state index contributed by atoms with van der Waals surface area (Å²) in [7, 11) is 2.05. The molecule has 0 aliphatic rings. The molecule has 3 nitrogen and oxygen atoms in total. The minimum absolute atomic E-state index is 0.766. The van der Waals surface area contributed by atoms with Gasteiger partial charge in [0.1, 0.15) is 5.82 Å². The summed E-state index contributed by atoms with van der Waals surface area (Å²) >= 11 is 5.90. The van der Waals surface area contributed by atoms with Crippen molar-refractivity contribution in [2.24, 2.45) is 0 Å². The van der Waals surface area contributed by atoms with E-state index in [2.05, 4.69) is 22.1 Å². The lowest BCUT2D eigenvalue weighted by Crippen LogP contribution is -2.19. The molecule has 0 aliphatic carbocycles. The number of anilines is 1. The van der Waals surface area contributed by atoms with E-state index in [-0.39, 0.29) is 0 Å². The van der Waals surface area contributed by atoms with E-state index in [0.29, 0.717) is 0 Å². The molecule has 0 radical (unpaired) electrons. The highest BCUT2D eigenvalue weighted by molar-refractivity contribution is 6.30. The van der Waals surface area contributed by atoms with E-state index in [9.17, 15) is 0 Å². The zero-order chi connectivity index (χ0) is 14.4. The van der Waals surface area contributed by atoms with Crippen molar-refractivity contribution in [1.29, 1.82) is 0 Å². The molecule has 0 spiro atoms. The van der Waals surface area contributed by atoms with E-state index < -0.39 is 0 Å². The van der Waals surface area contributed by atoms with Crippen molar-refractivity contribution >= 4 is 17.4 Å². The van der Waals surface area contributed by atoms with Gasteiger partial charge in [0.05, 0.1) is 5.69 Å². The fraction of sp³-hybridized carbons (Fsp3) is 0.312. The molecule has 0 saturated carbocycles. The van der Waals surface area contributed by atoms with Gasteiger partial charge in [0.25, 0.3) is 0 Å². The predicted molar refractivity (Wildman–Crippen MR) is 85.2 cm³/mol. The number of rotatable bonds is 6. The fourth-order valence-electron chi connectivity index (χ4n) is 1.98. The summed E-state index contributed by atoms with van der Waals surface area (Å²) in [5.41, 5.74) is 2.28. The smallest absolute Gasteiger partial charge is 0.128 e. The summed E-state index contributed by atoms with van der Waals surface area (Å²) in [6.07, 6.45) is 0. The third kappa shape index (κ3) is 4.22. The molecule has 106 valence electrons. The first-order valence-corrected chi connectivity index (χ1v) is 7.19. The van der Waals surface area contributed by atoms with Gasteiger partial charge in [-0.25, -0.2) is 4.98 Å². The summed E-state index contributed by atoms with van der Waals surface area (Å²) in [5, 5.41) is 4.06. The average molecular weight is 290 g/mol. The van der Waals surface area contributed by atoms with Crippen LogP contribution in [-0.4, -0.2) is 18.6 Å². The second-order valence-electron chi connectivity index (χ2n) is 4.75. The topological polar surface area (TPSA) is 28.2 Å². The van der Waals surface area contributed by atoms with Gasteiger partial charge in [-0.3, -0.25) is 0 Å². The van der Waals surface area contributed by atoms with Crippen LogP contribution in [-0.2, 0) is 13.1 Å². The molecular weight excluding hydrogens is 270 g/mol. The highest BCUT2D eigenvalue weighted by atomic mass is 35.5. The molecule has 20 heavy (non-hydrogen) atoms. The van der Waals surface area contributed by atoms with Gasteiger partial charge < -0.3 is 10.2 Å². The number of halogens is 1. The molecule has 0 amide bonds. The van der Waals surface area contributed by atoms with Crippen molar-refractivity contribution in [2.45, 2.75) is 20.0 Å². The molecule has 0 bridgehead atoms. The second-order valence-corrected chi connectivity index (χ2v) is 5.19. The Balaban J connectivity index is 2.04. The standard InChI is InChI=1S/C16H20ClN3/c1-3-18-11-15-5-4-6-16(19-15)20(2)12-13-7-9-14(17)10-8-13/h4-10,18H,3,11-12H2,1-2H3. The Bertz CT molecular complexity index is 540. The molecule has 0 fully saturated rings. The van der Waals surface area contributed by atoms with E-state index >= 15 is 0 Å². The fourth-order valence-corrected chi connectivity index (χ4v) is 2.10. The number of benzene rings is 1. The van der Waals surface area contributed by atoms with Crippen LogP contribution in [0.25, 0.3) is 0 Å². The van der Waals surface area contributed by atoms with E-state index in [1.807, 2.05) is 49.5 Å². The molecular formula is C16H20ClN3. The number of nitrogens with zero attached hydrogens (tertiary/aromatic N) is 2. The van der Waals surface area contributed by atoms with Gasteiger partial charge in [-0.05, 0) is 36.4 Å². The van der Waals surface area contributed by atoms with E-state index in [4.69, 9.17) is 11.6 Å². The average Bonchev–Trinajstić information content (AvgIpc) is 2.48. The van der Waals surface area contributed by atoms with Crippen molar-refractivity contribution in [3.63, 3.8) is 0 Å². The van der Waals surface area contributed by atoms with Crippen LogP contribution in [0.3, 0.4) is 0 Å². The number of hydrogen-bond donors (Lipinski definition) is 1. The molecule has 4 heteroatoms. The normalized spacial score (nSPS) is 10.6. The predicted octanol–water partition coefficient (Wildman–Crippen LogP) is 3.48. The maximum atomic E-state index is 5.90. The number of pyridine rings is 1. The van der Waals surface area contributed by atoms with Gasteiger partial charge in [-0.2, -0.15) is 0 Å². The summed E-state index contributed by atoms with van der Waals surface area (Å²) in [5.74, 6) is 0.982. The van der Waals surface area contributed by atoms with Crippen molar-refractivity contribution in [2.75, 3.05) is 18.5 Å². The summed E-state index contributed by atoms with van der Waals surface area (Å²) in [4.78, 5) is 6.80. The largest absolute Gasteiger partial charge is 0.355 e. The molecule has 1 aromatic heterocycles. The molecule has 2 rings (SSSR count). The van der Waals surface area contributed by atoms with Crippen molar-refractivity contribution < 1.29 is 0 Å². The van der Waals surface area contributed by atoms with Gasteiger partial charge in [-0.1, -0.05) is 36.7 Å². The first-order valence-electron chi connectivity index (χ1n) is 6.81. The van der Waals surface area contributed by atoms with E-state index in [1.54, 1.807) is 0 Å². The molecule has 0 atom stereocenters. The minimum Gasteiger partial charge on any atom is -0.355 e. The van der Waals surface area contributed by atoms with Gasteiger partial charge in [0.15, 0.2) is 0 Å². The highest BCUT2D eigenvalue weighted by Crippen LogP contribution is 2.15. The number of nitrogens with one attached hydrogen (secondary N) is 1. The Morgan fingerprint density at radius 3 is 2.60 bits per heavy atom. The molecule has 0 unspecified atom stereocenters. The van der Waals surface area contributed by atoms with Gasteiger partial charge in [0, 0.05) is 25.2 Å². The molecule has 2 aromatic rings. The van der Waals surface area contributed by atoms with Crippen LogP contribution in [0.5, 0.6) is 0 Å². The quantitative estimate of drug-likeness (QED) is 0.882. The summed E-state index contributed by atoms with van der Waals surface area (Å²) in [6, 6.07) is 14.0. The van der Waals surface area contributed by atoms with Crippen molar-refractivity contribution in [3.05, 3.63) is 58.7 Å². The third-order valence-electron chi connectivity index (χ3n) is 3.07. The van der Waals surface area contributed by atoms with Gasteiger partial charge >= 0.3 is 0 Å². The Hall–Kier alpha value is -1.58. The lowest BCUT2D eigenvalue weighted by Gasteiger charge is -2.19. The van der Waals surface area contributed by atoms with Crippen LogP contribution < -0.4 is 10.2 Å². The van der Waals surface area contributed by atoms with Crippen LogP contribution in [0, 0.1) is 0 Å². The second kappa shape index (κ2) is 7.27. The first-order chi connectivity index (χ1) is 9.69. The Kier molecular flexibility index (Phi) is 5.39. The summed E-state index contributed by atoms with van der Waals surface area (Å²) < 4.78 is 0. The van der Waals surface area contributed by atoms with Crippen LogP contribution in [0.1, 0.15) is 18.2 Å². The lowest BCUT2D eigenvalue weighted by atomic mass is 10.2.